The van der Waals surface area contributed by atoms with E-state index in [0.29, 0.717) is 12.7 Å². The summed E-state index contributed by atoms with van der Waals surface area (Å²) in [5, 5.41) is 3.06. The van der Waals surface area contributed by atoms with Crippen molar-refractivity contribution in [3.8, 4) is 5.75 Å². The van der Waals surface area contributed by atoms with E-state index in [2.05, 4.69) is 12.2 Å². The van der Waals surface area contributed by atoms with Crippen molar-refractivity contribution in [3.63, 3.8) is 0 Å². The molecule has 2 saturated carbocycles. The molecule has 0 aromatic heterocycles. The quantitative estimate of drug-likeness (QED) is 0.750. The molecule has 0 aliphatic heterocycles. The van der Waals surface area contributed by atoms with Crippen LogP contribution in [0.3, 0.4) is 0 Å². The number of nitrogens with one attached hydrogen (secondary N) is 1. The molecular formula is C21H31NO3. The summed E-state index contributed by atoms with van der Waals surface area (Å²) in [6.07, 6.45) is 11.1. The molecule has 4 heteroatoms. The number of carbonyl (C=O) groups is 1. The predicted octanol–water partition coefficient (Wildman–Crippen LogP) is 5.08. The number of carbonyl (C=O) groups excluding carboxylic acids is 1. The molecule has 0 unspecified atom stereocenters. The lowest BCUT2D eigenvalue weighted by molar-refractivity contribution is -0.146. The van der Waals surface area contributed by atoms with Crippen molar-refractivity contribution in [2.45, 2.75) is 82.8 Å². The van der Waals surface area contributed by atoms with E-state index in [-0.39, 0.29) is 5.91 Å². The molecule has 1 N–H and O–H groups in total. The maximum Gasteiger partial charge on any atom is 0.256 e. The summed E-state index contributed by atoms with van der Waals surface area (Å²) in [5.41, 5.74) is 0.168. The van der Waals surface area contributed by atoms with Gasteiger partial charge in [0.1, 0.15) is 11.4 Å². The second-order valence-corrected chi connectivity index (χ2v) is 7.41. The van der Waals surface area contributed by atoms with Gasteiger partial charge in [-0.3, -0.25) is 4.79 Å². The molecule has 0 spiro atoms. The molecule has 2 aliphatic rings. The summed E-state index contributed by atoms with van der Waals surface area (Å²) in [5.74, 6) is 0.893. The first-order valence-corrected chi connectivity index (χ1v) is 9.94. The molecule has 2 aliphatic carbocycles. The highest BCUT2D eigenvalue weighted by atomic mass is 16.5. The smallest absolute Gasteiger partial charge is 0.256 e. The van der Waals surface area contributed by atoms with Crippen LogP contribution in [0.15, 0.2) is 24.3 Å². The monoisotopic (exact) mass is 345 g/mol. The molecule has 0 radical (unpaired) electrons. The van der Waals surface area contributed by atoms with Gasteiger partial charge in [0.05, 0.1) is 6.10 Å². The zero-order valence-corrected chi connectivity index (χ0v) is 15.4. The molecule has 2 fully saturated rings. The second-order valence-electron chi connectivity index (χ2n) is 7.41. The minimum absolute atomic E-state index is 0.00473. The Balaban J connectivity index is 1.60. The summed E-state index contributed by atoms with van der Waals surface area (Å²) in [6.45, 7) is 2.72. The number of rotatable bonds is 7. The summed E-state index contributed by atoms with van der Waals surface area (Å²) < 4.78 is 12.0. The van der Waals surface area contributed by atoms with Crippen LogP contribution in [0.4, 0.5) is 5.69 Å². The van der Waals surface area contributed by atoms with Crippen LogP contribution >= 0.6 is 0 Å². The van der Waals surface area contributed by atoms with E-state index < -0.39 is 5.60 Å². The van der Waals surface area contributed by atoms with Gasteiger partial charge in [0.25, 0.3) is 5.91 Å². The van der Waals surface area contributed by atoms with Gasteiger partial charge in [0.2, 0.25) is 0 Å². The third-order valence-electron chi connectivity index (χ3n) is 5.37. The van der Waals surface area contributed by atoms with E-state index in [9.17, 15) is 4.79 Å². The van der Waals surface area contributed by atoms with Gasteiger partial charge in [-0.25, -0.2) is 0 Å². The molecule has 0 heterocycles. The zero-order chi connectivity index (χ0) is 17.5. The van der Waals surface area contributed by atoms with Crippen LogP contribution < -0.4 is 10.1 Å². The molecule has 3 rings (SSSR count). The van der Waals surface area contributed by atoms with E-state index in [1.165, 1.54) is 19.3 Å². The molecule has 1 amide bonds. The molecular weight excluding hydrogens is 314 g/mol. The van der Waals surface area contributed by atoms with Crippen molar-refractivity contribution in [1.29, 1.82) is 0 Å². The highest BCUT2D eigenvalue weighted by Gasteiger charge is 2.40. The number of hydrogen-bond acceptors (Lipinski definition) is 3. The Morgan fingerprint density at radius 1 is 1.08 bits per heavy atom. The predicted molar refractivity (Wildman–Crippen MR) is 100 cm³/mol. The van der Waals surface area contributed by atoms with Gasteiger partial charge in [-0.15, -0.1) is 0 Å². The molecule has 4 nitrogen and oxygen atoms in total. The van der Waals surface area contributed by atoms with E-state index >= 15 is 0 Å². The first kappa shape index (κ1) is 18.2. The van der Waals surface area contributed by atoms with Crippen LogP contribution in [-0.4, -0.2) is 24.2 Å². The van der Waals surface area contributed by atoms with E-state index in [1.54, 1.807) is 0 Å². The fourth-order valence-electron chi connectivity index (χ4n) is 3.92. The molecule has 1 aromatic carbocycles. The molecule has 0 atom stereocenters. The minimum atomic E-state index is -0.646. The van der Waals surface area contributed by atoms with Crippen LogP contribution in [0, 0.1) is 0 Å². The van der Waals surface area contributed by atoms with E-state index in [4.69, 9.17) is 9.47 Å². The Bertz CT molecular complexity index is 543. The Morgan fingerprint density at radius 2 is 1.76 bits per heavy atom. The number of anilines is 1. The fraction of sp³-hybridized carbons (Fsp3) is 0.667. The van der Waals surface area contributed by atoms with Gasteiger partial charge >= 0.3 is 0 Å². The molecule has 0 saturated heterocycles. The first-order valence-electron chi connectivity index (χ1n) is 9.94. The molecule has 1 aromatic rings. The third-order valence-corrected chi connectivity index (χ3v) is 5.37. The minimum Gasteiger partial charge on any atom is -0.490 e. The lowest BCUT2D eigenvalue weighted by Gasteiger charge is -2.35. The third kappa shape index (κ3) is 4.75. The standard InChI is InChI=1S/C21H31NO3/c1-2-16-24-21(14-6-3-7-15-21)20(23)22-17-10-12-19(13-11-17)25-18-8-4-5-9-18/h10-13,18H,2-9,14-16H2,1H3,(H,22,23). The Kier molecular flexibility index (Phi) is 6.35. The Morgan fingerprint density at radius 3 is 2.40 bits per heavy atom. The normalized spacial score (nSPS) is 20.4. The Hall–Kier alpha value is -1.55. The molecule has 0 bridgehead atoms. The SMILES string of the molecule is CCCOC1(C(=O)Nc2ccc(OC3CCCC3)cc2)CCCCC1. The topological polar surface area (TPSA) is 47.6 Å². The molecule has 25 heavy (non-hydrogen) atoms. The fourth-order valence-corrected chi connectivity index (χ4v) is 3.92. The van der Waals surface area contributed by atoms with Crippen molar-refractivity contribution >= 4 is 11.6 Å². The second kappa shape index (κ2) is 8.70. The average molecular weight is 345 g/mol. The van der Waals surface area contributed by atoms with Crippen molar-refractivity contribution in [3.05, 3.63) is 24.3 Å². The van der Waals surface area contributed by atoms with E-state index in [1.807, 2.05) is 24.3 Å². The number of ether oxygens (including phenoxy) is 2. The highest BCUT2D eigenvalue weighted by Crippen LogP contribution is 2.33. The van der Waals surface area contributed by atoms with Gasteiger partial charge in [0, 0.05) is 12.3 Å². The van der Waals surface area contributed by atoms with Gasteiger partial charge < -0.3 is 14.8 Å². The van der Waals surface area contributed by atoms with Crippen LogP contribution in [0.25, 0.3) is 0 Å². The van der Waals surface area contributed by atoms with Gasteiger partial charge in [-0.1, -0.05) is 26.2 Å². The Labute approximate surface area is 151 Å². The van der Waals surface area contributed by atoms with Crippen LogP contribution in [0.5, 0.6) is 5.75 Å². The van der Waals surface area contributed by atoms with Crippen molar-refractivity contribution in [1.82, 2.24) is 0 Å². The number of hydrogen-bond donors (Lipinski definition) is 1. The van der Waals surface area contributed by atoms with Gasteiger partial charge in [-0.05, 0) is 69.2 Å². The van der Waals surface area contributed by atoms with Gasteiger partial charge in [0.15, 0.2) is 0 Å². The highest BCUT2D eigenvalue weighted by molar-refractivity contribution is 5.97. The number of amides is 1. The summed E-state index contributed by atoms with van der Waals surface area (Å²) in [7, 11) is 0. The lowest BCUT2D eigenvalue weighted by atomic mass is 9.83. The summed E-state index contributed by atoms with van der Waals surface area (Å²) >= 11 is 0. The van der Waals surface area contributed by atoms with Crippen LogP contribution in [0.2, 0.25) is 0 Å². The first-order chi connectivity index (χ1) is 12.2. The zero-order valence-electron chi connectivity index (χ0n) is 15.4. The van der Waals surface area contributed by atoms with Gasteiger partial charge in [-0.2, -0.15) is 0 Å². The van der Waals surface area contributed by atoms with Crippen molar-refractivity contribution < 1.29 is 14.3 Å². The summed E-state index contributed by atoms with van der Waals surface area (Å²) in [4.78, 5) is 12.9. The van der Waals surface area contributed by atoms with Crippen LogP contribution in [-0.2, 0) is 9.53 Å². The van der Waals surface area contributed by atoms with Crippen LogP contribution in [0.1, 0.15) is 71.1 Å². The lowest BCUT2D eigenvalue weighted by Crippen LogP contribution is -2.47. The number of benzene rings is 1. The van der Waals surface area contributed by atoms with E-state index in [0.717, 1.165) is 56.4 Å². The maximum absolute atomic E-state index is 12.9. The average Bonchev–Trinajstić information content (AvgIpc) is 3.15. The molecule has 138 valence electrons. The summed E-state index contributed by atoms with van der Waals surface area (Å²) in [6, 6.07) is 7.76. The maximum atomic E-state index is 12.9. The largest absolute Gasteiger partial charge is 0.490 e. The van der Waals surface area contributed by atoms with Crippen molar-refractivity contribution in [2.75, 3.05) is 11.9 Å². The van der Waals surface area contributed by atoms with Crippen molar-refractivity contribution in [2.24, 2.45) is 0 Å².